The SMILES string of the molecule is O=C(C[C@H]1CCCOC1)NCC1(COc2ccccc2)CC1. The lowest BCUT2D eigenvalue weighted by atomic mass is 9.98. The molecule has 0 bridgehead atoms. The Bertz CT molecular complexity index is 478. The number of hydrogen-bond acceptors (Lipinski definition) is 3. The molecule has 1 heterocycles. The van der Waals surface area contributed by atoms with Crippen molar-refractivity contribution in [1.82, 2.24) is 5.32 Å². The molecular weight excluding hydrogens is 278 g/mol. The lowest BCUT2D eigenvalue weighted by Crippen LogP contribution is -2.35. The fourth-order valence-corrected chi connectivity index (χ4v) is 2.89. The summed E-state index contributed by atoms with van der Waals surface area (Å²) in [5, 5.41) is 3.09. The maximum atomic E-state index is 12.1. The quantitative estimate of drug-likeness (QED) is 0.842. The van der Waals surface area contributed by atoms with Crippen molar-refractivity contribution in [1.29, 1.82) is 0 Å². The normalized spacial score (nSPS) is 22.8. The first kappa shape index (κ1) is 15.3. The third kappa shape index (κ3) is 4.47. The van der Waals surface area contributed by atoms with Gasteiger partial charge in [-0.05, 0) is 43.7 Å². The van der Waals surface area contributed by atoms with Crippen molar-refractivity contribution in [2.45, 2.75) is 32.1 Å². The standard InChI is InChI=1S/C18H25NO3/c20-17(11-15-5-4-10-21-12-15)19-13-18(8-9-18)14-22-16-6-2-1-3-7-16/h1-3,6-7,15H,4-5,8-14H2,(H,19,20)/t15-/m1/s1. The van der Waals surface area contributed by atoms with Gasteiger partial charge in [0, 0.05) is 31.6 Å². The van der Waals surface area contributed by atoms with Gasteiger partial charge in [0.25, 0.3) is 0 Å². The Morgan fingerprint density at radius 2 is 2.14 bits per heavy atom. The summed E-state index contributed by atoms with van der Waals surface area (Å²) in [7, 11) is 0. The van der Waals surface area contributed by atoms with Crippen LogP contribution in [0, 0.1) is 11.3 Å². The molecular formula is C18H25NO3. The van der Waals surface area contributed by atoms with Crippen molar-refractivity contribution in [3.63, 3.8) is 0 Å². The molecule has 2 fully saturated rings. The van der Waals surface area contributed by atoms with E-state index in [1.807, 2.05) is 30.3 Å². The minimum absolute atomic E-state index is 0.147. The number of rotatable bonds is 7. The Balaban J connectivity index is 1.38. The largest absolute Gasteiger partial charge is 0.493 e. The zero-order valence-corrected chi connectivity index (χ0v) is 13.1. The smallest absolute Gasteiger partial charge is 0.220 e. The highest BCUT2D eigenvalue weighted by atomic mass is 16.5. The zero-order valence-electron chi connectivity index (χ0n) is 13.1. The van der Waals surface area contributed by atoms with Gasteiger partial charge in [-0.1, -0.05) is 18.2 Å². The number of ether oxygens (including phenoxy) is 2. The van der Waals surface area contributed by atoms with Crippen LogP contribution in [0.15, 0.2) is 30.3 Å². The van der Waals surface area contributed by atoms with Gasteiger partial charge in [0.1, 0.15) is 5.75 Å². The van der Waals surface area contributed by atoms with E-state index in [0.29, 0.717) is 18.9 Å². The second-order valence-electron chi connectivity index (χ2n) is 6.67. The minimum atomic E-state index is 0.147. The summed E-state index contributed by atoms with van der Waals surface area (Å²) >= 11 is 0. The Morgan fingerprint density at radius 1 is 1.32 bits per heavy atom. The van der Waals surface area contributed by atoms with Crippen LogP contribution in [0.5, 0.6) is 5.75 Å². The predicted octanol–water partition coefficient (Wildman–Crippen LogP) is 2.78. The van der Waals surface area contributed by atoms with Gasteiger partial charge in [-0.15, -0.1) is 0 Å². The summed E-state index contributed by atoms with van der Waals surface area (Å²) in [5.41, 5.74) is 0.147. The van der Waals surface area contributed by atoms with E-state index in [2.05, 4.69) is 5.32 Å². The lowest BCUT2D eigenvalue weighted by molar-refractivity contribution is -0.123. The summed E-state index contributed by atoms with van der Waals surface area (Å²) < 4.78 is 11.3. The van der Waals surface area contributed by atoms with Crippen LogP contribution in [0.1, 0.15) is 32.1 Å². The predicted molar refractivity (Wildman–Crippen MR) is 84.8 cm³/mol. The molecule has 4 heteroatoms. The first-order chi connectivity index (χ1) is 10.8. The molecule has 0 spiro atoms. The number of nitrogens with one attached hydrogen (secondary N) is 1. The molecule has 2 aliphatic rings. The van der Waals surface area contributed by atoms with E-state index < -0.39 is 0 Å². The Morgan fingerprint density at radius 3 is 2.82 bits per heavy atom. The fourth-order valence-electron chi connectivity index (χ4n) is 2.89. The number of amides is 1. The summed E-state index contributed by atoms with van der Waals surface area (Å²) in [6, 6.07) is 9.87. The van der Waals surface area contributed by atoms with Crippen LogP contribution in [0.2, 0.25) is 0 Å². The van der Waals surface area contributed by atoms with E-state index in [4.69, 9.17) is 9.47 Å². The Hall–Kier alpha value is -1.55. The van der Waals surface area contributed by atoms with Gasteiger partial charge < -0.3 is 14.8 Å². The van der Waals surface area contributed by atoms with Gasteiger partial charge >= 0.3 is 0 Å². The van der Waals surface area contributed by atoms with Gasteiger partial charge in [-0.3, -0.25) is 4.79 Å². The number of para-hydroxylation sites is 1. The maximum Gasteiger partial charge on any atom is 0.220 e. The maximum absolute atomic E-state index is 12.1. The number of benzene rings is 1. The highest BCUT2D eigenvalue weighted by Crippen LogP contribution is 2.45. The number of hydrogen-bond donors (Lipinski definition) is 1. The van der Waals surface area contributed by atoms with Gasteiger partial charge in [0.15, 0.2) is 0 Å². The minimum Gasteiger partial charge on any atom is -0.493 e. The van der Waals surface area contributed by atoms with Gasteiger partial charge in [0.05, 0.1) is 6.61 Å². The Kier molecular flexibility index (Phi) is 4.98. The van der Waals surface area contributed by atoms with E-state index in [1.54, 1.807) is 0 Å². The highest BCUT2D eigenvalue weighted by Gasteiger charge is 2.43. The lowest BCUT2D eigenvalue weighted by Gasteiger charge is -2.22. The molecule has 1 aliphatic heterocycles. The molecule has 1 aromatic rings. The first-order valence-electron chi connectivity index (χ1n) is 8.28. The van der Waals surface area contributed by atoms with Crippen molar-refractivity contribution < 1.29 is 14.3 Å². The monoisotopic (exact) mass is 303 g/mol. The van der Waals surface area contributed by atoms with Crippen molar-refractivity contribution >= 4 is 5.91 Å². The zero-order chi connectivity index (χ0) is 15.3. The van der Waals surface area contributed by atoms with Crippen molar-refractivity contribution in [2.75, 3.05) is 26.4 Å². The molecule has 1 N–H and O–H groups in total. The van der Waals surface area contributed by atoms with E-state index >= 15 is 0 Å². The first-order valence-corrected chi connectivity index (χ1v) is 8.28. The topological polar surface area (TPSA) is 47.6 Å². The van der Waals surface area contributed by atoms with Gasteiger partial charge in [-0.2, -0.15) is 0 Å². The molecule has 0 aromatic heterocycles. The highest BCUT2D eigenvalue weighted by molar-refractivity contribution is 5.76. The third-order valence-electron chi connectivity index (χ3n) is 4.63. The number of carbonyl (C=O) groups is 1. The molecule has 1 aliphatic carbocycles. The summed E-state index contributed by atoms with van der Waals surface area (Å²) in [5.74, 6) is 1.45. The molecule has 120 valence electrons. The average molecular weight is 303 g/mol. The average Bonchev–Trinajstić information content (AvgIpc) is 3.34. The molecule has 4 nitrogen and oxygen atoms in total. The van der Waals surface area contributed by atoms with Crippen LogP contribution in [0.25, 0.3) is 0 Å². The van der Waals surface area contributed by atoms with E-state index in [1.165, 1.54) is 0 Å². The van der Waals surface area contributed by atoms with Crippen molar-refractivity contribution in [3.05, 3.63) is 30.3 Å². The molecule has 1 atom stereocenters. The second kappa shape index (κ2) is 7.14. The molecule has 1 saturated carbocycles. The molecule has 1 amide bonds. The van der Waals surface area contributed by atoms with Crippen LogP contribution < -0.4 is 10.1 Å². The molecule has 22 heavy (non-hydrogen) atoms. The van der Waals surface area contributed by atoms with Crippen LogP contribution in [0.3, 0.4) is 0 Å². The molecule has 1 saturated heterocycles. The molecule has 3 rings (SSSR count). The van der Waals surface area contributed by atoms with Crippen molar-refractivity contribution in [2.24, 2.45) is 11.3 Å². The van der Waals surface area contributed by atoms with Crippen LogP contribution in [-0.2, 0) is 9.53 Å². The van der Waals surface area contributed by atoms with E-state index in [9.17, 15) is 4.79 Å². The molecule has 0 unspecified atom stereocenters. The van der Waals surface area contributed by atoms with Gasteiger partial charge in [0.2, 0.25) is 5.91 Å². The summed E-state index contributed by atoms with van der Waals surface area (Å²) in [6.07, 6.45) is 5.04. The second-order valence-corrected chi connectivity index (χ2v) is 6.67. The molecule has 0 radical (unpaired) electrons. The number of carbonyl (C=O) groups excluding carboxylic acids is 1. The van der Waals surface area contributed by atoms with E-state index in [-0.39, 0.29) is 11.3 Å². The summed E-state index contributed by atoms with van der Waals surface area (Å²) in [6.45, 7) is 2.99. The third-order valence-corrected chi connectivity index (χ3v) is 4.63. The fraction of sp³-hybridized carbons (Fsp3) is 0.611. The van der Waals surface area contributed by atoms with Crippen molar-refractivity contribution in [3.8, 4) is 5.75 Å². The van der Waals surface area contributed by atoms with Crippen LogP contribution >= 0.6 is 0 Å². The van der Waals surface area contributed by atoms with E-state index in [0.717, 1.165) is 51.2 Å². The van der Waals surface area contributed by atoms with Crippen LogP contribution in [-0.4, -0.2) is 32.3 Å². The van der Waals surface area contributed by atoms with Crippen LogP contribution in [0.4, 0.5) is 0 Å². The summed E-state index contributed by atoms with van der Waals surface area (Å²) in [4.78, 5) is 12.1. The van der Waals surface area contributed by atoms with Gasteiger partial charge in [-0.25, -0.2) is 0 Å². The molecule has 1 aromatic carbocycles. The Labute approximate surface area is 132 Å².